The number of rotatable bonds is 3. The summed E-state index contributed by atoms with van der Waals surface area (Å²) in [4.78, 5) is 8.90. The molecule has 0 aliphatic rings. The highest BCUT2D eigenvalue weighted by Crippen LogP contribution is 2.33. The van der Waals surface area contributed by atoms with Crippen molar-refractivity contribution in [2.24, 2.45) is 4.99 Å². The SMILES string of the molecule is Oc1c(I)cc(Cl)cc1C=Nc1ccc(Cl)c(-c2nc3ccccc3o2)c1. The van der Waals surface area contributed by atoms with Crippen LogP contribution >= 0.6 is 45.8 Å². The zero-order chi connectivity index (χ0) is 19.0. The first-order valence-corrected chi connectivity index (χ1v) is 9.72. The van der Waals surface area contributed by atoms with Gasteiger partial charge < -0.3 is 9.52 Å². The maximum atomic E-state index is 10.2. The number of phenols is 1. The molecule has 0 bridgehead atoms. The number of aromatic hydroxyl groups is 1. The van der Waals surface area contributed by atoms with Crippen LogP contribution in [0.4, 0.5) is 5.69 Å². The Balaban J connectivity index is 1.72. The average molecular weight is 509 g/mol. The number of hydrogen-bond acceptors (Lipinski definition) is 4. The molecule has 0 fully saturated rings. The molecule has 0 spiro atoms. The van der Waals surface area contributed by atoms with Crippen molar-refractivity contribution in [3.8, 4) is 17.2 Å². The van der Waals surface area contributed by atoms with E-state index in [9.17, 15) is 5.11 Å². The third-order valence-electron chi connectivity index (χ3n) is 3.88. The minimum absolute atomic E-state index is 0.136. The van der Waals surface area contributed by atoms with Crippen LogP contribution in [0, 0.1) is 3.57 Å². The molecule has 0 atom stereocenters. The summed E-state index contributed by atoms with van der Waals surface area (Å²) >= 11 is 14.4. The number of halogens is 3. The first-order chi connectivity index (χ1) is 13.0. The molecule has 4 rings (SSSR count). The van der Waals surface area contributed by atoms with Gasteiger partial charge in [-0.1, -0.05) is 35.3 Å². The second-order valence-corrected chi connectivity index (χ2v) is 7.74. The molecule has 4 nitrogen and oxygen atoms in total. The standard InChI is InChI=1S/C20H11Cl2IN2O2/c21-12-7-11(19(26)16(23)8-12)10-24-13-5-6-15(22)14(9-13)20-25-17-3-1-2-4-18(17)27-20/h1-10,26H. The summed E-state index contributed by atoms with van der Waals surface area (Å²) in [6.07, 6.45) is 1.56. The summed E-state index contributed by atoms with van der Waals surface area (Å²) in [6, 6.07) is 16.2. The van der Waals surface area contributed by atoms with Crippen LogP contribution in [0.2, 0.25) is 10.0 Å². The maximum Gasteiger partial charge on any atom is 0.228 e. The molecule has 134 valence electrons. The van der Waals surface area contributed by atoms with Crippen LogP contribution in [0.5, 0.6) is 5.75 Å². The summed E-state index contributed by atoms with van der Waals surface area (Å²) < 4.78 is 6.45. The van der Waals surface area contributed by atoms with Gasteiger partial charge in [0.1, 0.15) is 11.3 Å². The van der Waals surface area contributed by atoms with Gasteiger partial charge in [-0.05, 0) is 65.1 Å². The second kappa shape index (κ2) is 7.50. The van der Waals surface area contributed by atoms with Gasteiger partial charge in [0, 0.05) is 16.8 Å². The summed E-state index contributed by atoms with van der Waals surface area (Å²) in [5, 5.41) is 11.2. The molecule has 3 aromatic carbocycles. The van der Waals surface area contributed by atoms with Crippen molar-refractivity contribution in [3.63, 3.8) is 0 Å². The van der Waals surface area contributed by atoms with Crippen molar-refractivity contribution in [1.29, 1.82) is 0 Å². The molecule has 0 amide bonds. The minimum atomic E-state index is 0.136. The average Bonchev–Trinajstić information content (AvgIpc) is 3.08. The molecule has 1 aromatic heterocycles. The van der Waals surface area contributed by atoms with Crippen molar-refractivity contribution in [1.82, 2.24) is 4.98 Å². The highest BCUT2D eigenvalue weighted by molar-refractivity contribution is 14.1. The Morgan fingerprint density at radius 2 is 1.89 bits per heavy atom. The lowest BCUT2D eigenvalue weighted by atomic mass is 10.2. The number of oxazole rings is 1. The molecule has 7 heteroatoms. The quantitative estimate of drug-likeness (QED) is 0.243. The summed E-state index contributed by atoms with van der Waals surface area (Å²) in [6.45, 7) is 0. The zero-order valence-corrected chi connectivity index (χ0v) is 17.3. The van der Waals surface area contributed by atoms with Gasteiger partial charge in [-0.25, -0.2) is 4.98 Å². The fraction of sp³-hybridized carbons (Fsp3) is 0. The van der Waals surface area contributed by atoms with Crippen LogP contribution in [0.25, 0.3) is 22.6 Å². The molecule has 0 saturated heterocycles. The molecule has 0 radical (unpaired) electrons. The lowest BCUT2D eigenvalue weighted by Gasteiger charge is -2.04. The lowest BCUT2D eigenvalue weighted by Crippen LogP contribution is -1.86. The molecule has 4 aromatic rings. The molecular weight excluding hydrogens is 498 g/mol. The minimum Gasteiger partial charge on any atom is -0.506 e. The molecule has 1 N–H and O–H groups in total. The van der Waals surface area contributed by atoms with Crippen molar-refractivity contribution >= 4 is 68.8 Å². The van der Waals surface area contributed by atoms with Crippen LogP contribution in [0.15, 0.2) is 64.0 Å². The van der Waals surface area contributed by atoms with Gasteiger partial charge in [0.25, 0.3) is 0 Å². The number of phenolic OH excluding ortho intramolecular Hbond substituents is 1. The van der Waals surface area contributed by atoms with Gasteiger partial charge in [0.05, 0.1) is 19.8 Å². The Kier molecular flexibility index (Phi) is 5.08. The molecular formula is C20H11Cl2IN2O2. The fourth-order valence-electron chi connectivity index (χ4n) is 2.57. The van der Waals surface area contributed by atoms with Crippen molar-refractivity contribution in [3.05, 3.63) is 73.8 Å². The Bertz CT molecular complexity index is 1160. The van der Waals surface area contributed by atoms with Crippen molar-refractivity contribution in [2.45, 2.75) is 0 Å². The monoisotopic (exact) mass is 508 g/mol. The summed E-state index contributed by atoms with van der Waals surface area (Å²) in [5.74, 6) is 0.565. The normalized spacial score (nSPS) is 11.5. The molecule has 0 saturated carbocycles. The number of fused-ring (bicyclic) bond motifs is 1. The molecule has 27 heavy (non-hydrogen) atoms. The van der Waals surface area contributed by atoms with Crippen LogP contribution in [0.3, 0.4) is 0 Å². The molecule has 0 unspecified atom stereocenters. The third-order valence-corrected chi connectivity index (χ3v) is 5.25. The number of benzene rings is 3. The number of para-hydroxylation sites is 2. The van der Waals surface area contributed by atoms with E-state index in [0.717, 1.165) is 5.52 Å². The van der Waals surface area contributed by atoms with Gasteiger partial charge in [-0.3, -0.25) is 4.99 Å². The van der Waals surface area contributed by atoms with E-state index < -0.39 is 0 Å². The van der Waals surface area contributed by atoms with Gasteiger partial charge in [0.15, 0.2) is 5.58 Å². The van der Waals surface area contributed by atoms with Crippen LogP contribution < -0.4 is 0 Å². The summed E-state index contributed by atoms with van der Waals surface area (Å²) in [5.41, 5.74) is 3.27. The number of nitrogens with zero attached hydrogens (tertiary/aromatic N) is 2. The Labute approximate surface area is 178 Å². The topological polar surface area (TPSA) is 58.6 Å². The van der Waals surface area contributed by atoms with E-state index in [0.29, 0.717) is 41.9 Å². The largest absolute Gasteiger partial charge is 0.506 e. The van der Waals surface area contributed by atoms with Crippen LogP contribution in [-0.2, 0) is 0 Å². The Hall–Kier alpha value is -2.09. The van der Waals surface area contributed by atoms with Crippen LogP contribution in [0.1, 0.15) is 5.56 Å². The van der Waals surface area contributed by atoms with Crippen molar-refractivity contribution < 1.29 is 9.52 Å². The Morgan fingerprint density at radius 3 is 2.70 bits per heavy atom. The van der Waals surface area contributed by atoms with E-state index >= 15 is 0 Å². The highest BCUT2D eigenvalue weighted by Gasteiger charge is 2.12. The third kappa shape index (κ3) is 3.81. The van der Waals surface area contributed by atoms with E-state index in [1.54, 1.807) is 36.5 Å². The predicted octanol–water partition coefficient (Wildman–Crippen LogP) is 6.86. The first-order valence-electron chi connectivity index (χ1n) is 7.89. The predicted molar refractivity (Wildman–Crippen MR) is 118 cm³/mol. The number of aromatic nitrogens is 1. The van der Waals surface area contributed by atoms with Crippen molar-refractivity contribution in [2.75, 3.05) is 0 Å². The van der Waals surface area contributed by atoms with Gasteiger partial charge in [-0.15, -0.1) is 0 Å². The Morgan fingerprint density at radius 1 is 1.07 bits per heavy atom. The number of aliphatic imine (C=N–C) groups is 1. The van der Waals surface area contributed by atoms with E-state index in [4.69, 9.17) is 27.6 Å². The number of hydrogen-bond donors (Lipinski definition) is 1. The molecule has 0 aliphatic carbocycles. The van der Waals surface area contributed by atoms with Crippen LogP contribution in [-0.4, -0.2) is 16.3 Å². The zero-order valence-electron chi connectivity index (χ0n) is 13.7. The van der Waals surface area contributed by atoms with Gasteiger partial charge >= 0.3 is 0 Å². The second-order valence-electron chi connectivity index (χ2n) is 5.73. The highest BCUT2D eigenvalue weighted by atomic mass is 127. The maximum absolute atomic E-state index is 10.2. The van der Waals surface area contributed by atoms with E-state index in [-0.39, 0.29) is 5.75 Å². The molecule has 1 heterocycles. The molecule has 0 aliphatic heterocycles. The van der Waals surface area contributed by atoms with Gasteiger partial charge in [0.2, 0.25) is 5.89 Å². The van der Waals surface area contributed by atoms with E-state index in [2.05, 4.69) is 9.98 Å². The summed E-state index contributed by atoms with van der Waals surface area (Å²) in [7, 11) is 0. The van der Waals surface area contributed by atoms with E-state index in [1.165, 1.54) is 0 Å². The van der Waals surface area contributed by atoms with E-state index in [1.807, 2.05) is 46.9 Å². The first kappa shape index (κ1) is 18.3. The van der Waals surface area contributed by atoms with Gasteiger partial charge in [-0.2, -0.15) is 0 Å². The smallest absolute Gasteiger partial charge is 0.228 e. The lowest BCUT2D eigenvalue weighted by molar-refractivity contribution is 0.470. The fourth-order valence-corrected chi connectivity index (χ4v) is 3.83.